The van der Waals surface area contributed by atoms with Gasteiger partial charge in [0.1, 0.15) is 17.2 Å². The van der Waals surface area contributed by atoms with Gasteiger partial charge in [-0.1, -0.05) is 17.3 Å². The van der Waals surface area contributed by atoms with Gasteiger partial charge in [-0.2, -0.15) is 4.91 Å². The van der Waals surface area contributed by atoms with Crippen molar-refractivity contribution in [2.24, 2.45) is 5.18 Å². The van der Waals surface area contributed by atoms with Crippen molar-refractivity contribution in [2.45, 2.75) is 51.3 Å². The second-order valence-electron chi connectivity index (χ2n) is 8.87. The van der Waals surface area contributed by atoms with Gasteiger partial charge in [0.2, 0.25) is 0 Å². The fraction of sp³-hybridized carbons (Fsp3) is 0.333. The van der Waals surface area contributed by atoms with E-state index in [0.29, 0.717) is 23.2 Å². The molecule has 2 aliphatic rings. The summed E-state index contributed by atoms with van der Waals surface area (Å²) >= 11 is 0. The van der Waals surface area contributed by atoms with E-state index in [2.05, 4.69) is 25.8 Å². The van der Waals surface area contributed by atoms with E-state index in [1.54, 1.807) is 32.2 Å². The number of nitrogens with one attached hydrogen (secondary N) is 3. The minimum Gasteiger partial charge on any atom is -0.489 e. The van der Waals surface area contributed by atoms with Gasteiger partial charge in [0.25, 0.3) is 0 Å². The number of pyridine rings is 2. The van der Waals surface area contributed by atoms with Gasteiger partial charge < -0.3 is 15.8 Å². The molecule has 34 heavy (non-hydrogen) atoms. The molecule has 0 fully saturated rings. The van der Waals surface area contributed by atoms with E-state index in [1.165, 1.54) is 12.3 Å². The van der Waals surface area contributed by atoms with Crippen LogP contribution in [0.1, 0.15) is 43.5 Å². The van der Waals surface area contributed by atoms with Crippen molar-refractivity contribution in [3.05, 3.63) is 75.8 Å². The molecule has 0 radical (unpaired) electrons. The number of carbonyl (C=O) groups is 1. The van der Waals surface area contributed by atoms with Gasteiger partial charge in [-0.25, -0.2) is 9.78 Å². The number of allylic oxidation sites excluding steroid dienone is 2. The first-order chi connectivity index (χ1) is 16.2. The lowest BCUT2D eigenvalue weighted by Gasteiger charge is -2.43. The Kier molecular flexibility index (Phi) is 6.14. The number of hydrogen-bond acceptors (Lipinski definition) is 8. The number of carbonyl (C=O) groups excluding carboxylic acids is 1. The average molecular weight is 462 g/mol. The number of nitrogen functional groups attached to an aromatic ring is 1. The summed E-state index contributed by atoms with van der Waals surface area (Å²) in [6.07, 6.45) is 8.45. The van der Waals surface area contributed by atoms with Crippen molar-refractivity contribution in [3.8, 4) is 0 Å². The summed E-state index contributed by atoms with van der Waals surface area (Å²) in [7, 11) is 0. The summed E-state index contributed by atoms with van der Waals surface area (Å²) in [4.78, 5) is 32.9. The monoisotopic (exact) mass is 461 g/mol. The molecule has 2 aromatic rings. The second kappa shape index (κ2) is 9.05. The molecular formula is C24H27N7O3. The summed E-state index contributed by atoms with van der Waals surface area (Å²) < 4.78 is 6.02. The summed E-state index contributed by atoms with van der Waals surface area (Å²) in [6.45, 7) is 5.41. The molecule has 2 atom stereocenters. The van der Waals surface area contributed by atoms with Crippen LogP contribution in [0.25, 0.3) is 0 Å². The van der Waals surface area contributed by atoms with Crippen molar-refractivity contribution in [1.82, 2.24) is 15.3 Å². The third-order valence-corrected chi connectivity index (χ3v) is 5.94. The largest absolute Gasteiger partial charge is 0.489 e. The molecule has 176 valence electrons. The molecule has 1 aliphatic heterocycles. The molecule has 10 heteroatoms. The van der Waals surface area contributed by atoms with Crippen LogP contribution in [-0.4, -0.2) is 39.4 Å². The van der Waals surface area contributed by atoms with E-state index in [0.717, 1.165) is 23.4 Å². The Morgan fingerprint density at radius 1 is 1.32 bits per heavy atom. The van der Waals surface area contributed by atoms with Crippen molar-refractivity contribution in [2.75, 3.05) is 11.1 Å². The summed E-state index contributed by atoms with van der Waals surface area (Å²) in [5.74, 6) is 0.974. The first-order valence-electron chi connectivity index (χ1n) is 11.0. The molecule has 4 rings (SSSR count). The minimum absolute atomic E-state index is 0.208. The van der Waals surface area contributed by atoms with Crippen LogP contribution in [0.4, 0.5) is 16.3 Å². The zero-order valence-corrected chi connectivity index (χ0v) is 19.3. The fourth-order valence-corrected chi connectivity index (χ4v) is 4.24. The Morgan fingerprint density at radius 2 is 2.12 bits per heavy atom. The summed E-state index contributed by atoms with van der Waals surface area (Å²) in [5, 5.41) is 17.2. The normalized spacial score (nSPS) is 20.7. The topological polar surface area (TPSA) is 155 Å². The fourth-order valence-electron chi connectivity index (χ4n) is 4.24. The highest BCUT2D eigenvalue weighted by atomic mass is 16.5. The third kappa shape index (κ3) is 4.52. The van der Waals surface area contributed by atoms with Gasteiger partial charge in [0, 0.05) is 53.0 Å². The molecule has 2 amide bonds. The van der Waals surface area contributed by atoms with Gasteiger partial charge >= 0.3 is 6.03 Å². The van der Waals surface area contributed by atoms with Gasteiger partial charge in [-0.15, -0.1) is 0 Å². The molecule has 0 bridgehead atoms. The predicted octanol–water partition coefficient (Wildman–Crippen LogP) is 3.82. The molecule has 0 saturated heterocycles. The number of ether oxygens (including phenoxy) is 1. The SMILES string of the molecule is Cc1cc(C(=N)c2cnc(NC(=O)NC3C4=C(CCC=C4)OC(C)(C)C3N=O)cc2N)ccn1. The zero-order valence-electron chi connectivity index (χ0n) is 19.3. The van der Waals surface area contributed by atoms with E-state index in [-0.39, 0.29) is 11.5 Å². The van der Waals surface area contributed by atoms with Gasteiger partial charge in [-0.3, -0.25) is 15.7 Å². The molecule has 2 unspecified atom stereocenters. The highest BCUT2D eigenvalue weighted by Crippen LogP contribution is 2.38. The van der Waals surface area contributed by atoms with E-state index >= 15 is 0 Å². The highest BCUT2D eigenvalue weighted by Gasteiger charge is 2.46. The maximum atomic E-state index is 12.8. The van der Waals surface area contributed by atoms with E-state index in [9.17, 15) is 9.70 Å². The number of aryl methyl sites for hydroxylation is 1. The third-order valence-electron chi connectivity index (χ3n) is 5.94. The van der Waals surface area contributed by atoms with Crippen molar-refractivity contribution in [3.63, 3.8) is 0 Å². The minimum atomic E-state index is -0.861. The van der Waals surface area contributed by atoms with Crippen LogP contribution in [0.3, 0.4) is 0 Å². The van der Waals surface area contributed by atoms with Crippen LogP contribution in [-0.2, 0) is 4.74 Å². The molecule has 3 heterocycles. The predicted molar refractivity (Wildman–Crippen MR) is 130 cm³/mol. The number of amides is 2. The number of nitrogens with zero attached hydrogens (tertiary/aromatic N) is 3. The summed E-state index contributed by atoms with van der Waals surface area (Å²) in [5.41, 5.74) is 8.45. The van der Waals surface area contributed by atoms with Crippen molar-refractivity contribution >= 4 is 23.2 Å². The maximum Gasteiger partial charge on any atom is 0.320 e. The average Bonchev–Trinajstić information content (AvgIpc) is 2.78. The number of aromatic nitrogens is 2. The number of hydrogen-bond donors (Lipinski definition) is 4. The lowest BCUT2D eigenvalue weighted by molar-refractivity contribution is -0.0151. The van der Waals surface area contributed by atoms with E-state index in [1.807, 2.05) is 19.1 Å². The Morgan fingerprint density at radius 3 is 2.82 bits per heavy atom. The maximum absolute atomic E-state index is 12.8. The zero-order chi connectivity index (χ0) is 24.5. The smallest absolute Gasteiger partial charge is 0.320 e. The molecular weight excluding hydrogens is 434 g/mol. The standard InChI is InChI=1S/C24H27N7O3/c1-13-10-14(8-9-27-13)20(26)16-12-28-19(11-17(16)25)29-23(32)30-21-15-6-4-5-7-18(15)34-24(2,3)22(21)31-33/h4,6,8-12,21-22,26H,5,7H2,1-3H3,(H4,25,28,29,30,32). The van der Waals surface area contributed by atoms with Crippen molar-refractivity contribution in [1.29, 1.82) is 5.41 Å². The Hall–Kier alpha value is -4.08. The molecule has 2 aromatic heterocycles. The summed E-state index contributed by atoms with van der Waals surface area (Å²) in [6, 6.07) is 2.99. The second-order valence-corrected chi connectivity index (χ2v) is 8.87. The highest BCUT2D eigenvalue weighted by molar-refractivity contribution is 6.13. The molecule has 5 N–H and O–H groups in total. The van der Waals surface area contributed by atoms with Crippen LogP contribution < -0.4 is 16.4 Å². The Balaban J connectivity index is 1.51. The number of rotatable bonds is 5. The molecule has 1 aliphatic carbocycles. The Labute approximate surface area is 197 Å². The first-order valence-corrected chi connectivity index (χ1v) is 11.0. The molecule has 10 nitrogen and oxygen atoms in total. The van der Waals surface area contributed by atoms with Crippen LogP contribution >= 0.6 is 0 Å². The van der Waals surface area contributed by atoms with Crippen LogP contribution in [0, 0.1) is 17.2 Å². The first kappa shape index (κ1) is 23.1. The van der Waals surface area contributed by atoms with Crippen LogP contribution in [0.5, 0.6) is 0 Å². The quantitative estimate of drug-likeness (QED) is 0.392. The molecule has 0 spiro atoms. The lowest BCUT2D eigenvalue weighted by atomic mass is 9.82. The van der Waals surface area contributed by atoms with Gasteiger partial charge in [0.15, 0.2) is 6.04 Å². The van der Waals surface area contributed by atoms with Crippen LogP contribution in [0.15, 0.2) is 59.3 Å². The van der Waals surface area contributed by atoms with E-state index in [4.69, 9.17) is 15.9 Å². The van der Waals surface area contributed by atoms with Crippen molar-refractivity contribution < 1.29 is 9.53 Å². The Bertz CT molecular complexity index is 1220. The lowest BCUT2D eigenvalue weighted by Crippen LogP contribution is -2.57. The molecule has 0 saturated carbocycles. The van der Waals surface area contributed by atoms with Gasteiger partial charge in [-0.05, 0) is 39.3 Å². The number of nitrogens with two attached hydrogens (primary N) is 1. The van der Waals surface area contributed by atoms with Gasteiger partial charge in [0.05, 0.1) is 11.8 Å². The number of urea groups is 1. The molecule has 0 aromatic carbocycles. The van der Waals surface area contributed by atoms with E-state index < -0.39 is 23.7 Å². The number of nitroso groups, excluding NO2 is 1. The number of anilines is 2. The van der Waals surface area contributed by atoms with Crippen LogP contribution in [0.2, 0.25) is 0 Å².